The van der Waals surface area contributed by atoms with E-state index in [0.717, 1.165) is 35.9 Å². The maximum absolute atomic E-state index is 5.63. The van der Waals surface area contributed by atoms with Crippen LogP contribution in [-0.4, -0.2) is 42.7 Å². The number of rotatable bonds is 10. The van der Waals surface area contributed by atoms with Crippen molar-refractivity contribution in [2.24, 2.45) is 4.99 Å². The molecule has 0 saturated heterocycles. The fourth-order valence-electron chi connectivity index (χ4n) is 2.68. The van der Waals surface area contributed by atoms with Crippen molar-refractivity contribution < 1.29 is 9.47 Å². The molecule has 0 aliphatic carbocycles. The van der Waals surface area contributed by atoms with E-state index in [1.807, 2.05) is 60.7 Å². The zero-order chi connectivity index (χ0) is 20.9. The Morgan fingerprint density at radius 3 is 2.42 bits per heavy atom. The highest BCUT2D eigenvalue weighted by Gasteiger charge is 2.01. The maximum Gasteiger partial charge on any atom is 0.213 e. The number of hydrogen-bond donors (Lipinski definition) is 2. The summed E-state index contributed by atoms with van der Waals surface area (Å²) < 4.78 is 11.2. The van der Waals surface area contributed by atoms with E-state index >= 15 is 0 Å². The number of ether oxygens (including phenoxy) is 2. The van der Waals surface area contributed by atoms with Gasteiger partial charge in [0, 0.05) is 50.7 Å². The molecular weight excluding hydrogens is 505 g/mol. The average Bonchev–Trinajstić information content (AvgIpc) is 2.81. The lowest BCUT2D eigenvalue weighted by molar-refractivity contribution is 0.212. The molecule has 0 radical (unpaired) electrons. The lowest BCUT2D eigenvalue weighted by Crippen LogP contribution is -2.37. The molecule has 0 atom stereocenters. The van der Waals surface area contributed by atoms with Gasteiger partial charge in [-0.1, -0.05) is 30.3 Å². The Morgan fingerprint density at radius 2 is 1.71 bits per heavy atom. The molecule has 3 rings (SSSR count). The Morgan fingerprint density at radius 1 is 0.903 bits per heavy atom. The van der Waals surface area contributed by atoms with Crippen LogP contribution in [0.4, 0.5) is 0 Å². The number of guanidine groups is 1. The van der Waals surface area contributed by atoms with E-state index in [4.69, 9.17) is 9.47 Å². The molecule has 3 aromatic rings. The van der Waals surface area contributed by atoms with Gasteiger partial charge in [0.05, 0.1) is 0 Å². The molecule has 8 heteroatoms. The van der Waals surface area contributed by atoms with E-state index in [2.05, 4.69) is 25.6 Å². The van der Waals surface area contributed by atoms with E-state index < -0.39 is 0 Å². The summed E-state index contributed by atoms with van der Waals surface area (Å²) in [4.78, 5) is 12.9. The highest BCUT2D eigenvalue weighted by molar-refractivity contribution is 14.0. The fraction of sp³-hybridized carbons (Fsp3) is 0.261. The number of aromatic nitrogens is 2. The van der Waals surface area contributed by atoms with Crippen molar-refractivity contribution in [1.29, 1.82) is 0 Å². The van der Waals surface area contributed by atoms with Gasteiger partial charge in [-0.2, -0.15) is 0 Å². The van der Waals surface area contributed by atoms with Crippen molar-refractivity contribution in [2.45, 2.75) is 13.0 Å². The number of benzene rings is 1. The summed E-state index contributed by atoms with van der Waals surface area (Å²) in [6.45, 7) is 2.28. The summed E-state index contributed by atoms with van der Waals surface area (Å²) in [5.41, 5.74) is 2.09. The largest absolute Gasteiger partial charge is 0.490 e. The topological polar surface area (TPSA) is 80.7 Å². The first kappa shape index (κ1) is 24.4. The van der Waals surface area contributed by atoms with Crippen molar-refractivity contribution in [3.05, 3.63) is 84.3 Å². The first-order valence-corrected chi connectivity index (χ1v) is 9.93. The van der Waals surface area contributed by atoms with Gasteiger partial charge < -0.3 is 20.1 Å². The zero-order valence-corrected chi connectivity index (χ0v) is 19.9. The fourth-order valence-corrected chi connectivity index (χ4v) is 2.68. The normalized spacial score (nSPS) is 10.7. The van der Waals surface area contributed by atoms with Crippen LogP contribution in [0.5, 0.6) is 11.6 Å². The van der Waals surface area contributed by atoms with Crippen LogP contribution in [0.1, 0.15) is 11.3 Å². The summed E-state index contributed by atoms with van der Waals surface area (Å²) >= 11 is 0. The van der Waals surface area contributed by atoms with Gasteiger partial charge in [0.1, 0.15) is 19.0 Å². The molecule has 164 valence electrons. The Hall–Kier alpha value is -2.88. The molecule has 0 fully saturated rings. The van der Waals surface area contributed by atoms with E-state index in [0.29, 0.717) is 25.6 Å². The minimum Gasteiger partial charge on any atom is -0.490 e. The second-order valence-electron chi connectivity index (χ2n) is 6.44. The smallest absolute Gasteiger partial charge is 0.213 e. The number of pyridine rings is 2. The molecule has 7 nitrogen and oxygen atoms in total. The predicted octanol–water partition coefficient (Wildman–Crippen LogP) is 3.46. The van der Waals surface area contributed by atoms with Crippen LogP contribution in [0.25, 0.3) is 0 Å². The van der Waals surface area contributed by atoms with Crippen LogP contribution in [0.3, 0.4) is 0 Å². The van der Waals surface area contributed by atoms with Gasteiger partial charge >= 0.3 is 0 Å². The molecule has 2 aromatic heterocycles. The third kappa shape index (κ3) is 9.20. The number of nitrogens with one attached hydrogen (secondary N) is 2. The Labute approximate surface area is 200 Å². The third-order valence-corrected chi connectivity index (χ3v) is 4.23. The minimum absolute atomic E-state index is 0. The van der Waals surface area contributed by atoms with Crippen LogP contribution >= 0.6 is 24.0 Å². The van der Waals surface area contributed by atoms with Gasteiger partial charge in [0.2, 0.25) is 5.88 Å². The van der Waals surface area contributed by atoms with Crippen molar-refractivity contribution in [3.63, 3.8) is 0 Å². The predicted molar refractivity (Wildman–Crippen MR) is 133 cm³/mol. The number of aliphatic imine (C=N–C) groups is 1. The molecule has 0 unspecified atom stereocenters. The highest BCUT2D eigenvalue weighted by atomic mass is 127. The van der Waals surface area contributed by atoms with E-state index in [1.54, 1.807) is 19.4 Å². The van der Waals surface area contributed by atoms with Crippen molar-refractivity contribution in [3.8, 4) is 11.6 Å². The third-order valence-electron chi connectivity index (χ3n) is 4.23. The Kier molecular flexibility index (Phi) is 11.2. The zero-order valence-electron chi connectivity index (χ0n) is 17.5. The molecule has 0 saturated carbocycles. The quantitative estimate of drug-likeness (QED) is 0.180. The molecule has 2 heterocycles. The number of halogens is 1. The molecule has 0 aliphatic heterocycles. The molecule has 31 heavy (non-hydrogen) atoms. The summed E-state index contributed by atoms with van der Waals surface area (Å²) in [5, 5.41) is 6.57. The van der Waals surface area contributed by atoms with Crippen LogP contribution in [-0.2, 0) is 13.0 Å². The summed E-state index contributed by atoms with van der Waals surface area (Å²) in [6, 6.07) is 19.4. The number of para-hydroxylation sites is 1. The number of nitrogens with zero attached hydrogens (tertiary/aromatic N) is 3. The van der Waals surface area contributed by atoms with Gasteiger partial charge in [-0.05, 0) is 29.8 Å². The van der Waals surface area contributed by atoms with E-state index in [1.165, 1.54) is 0 Å². The van der Waals surface area contributed by atoms with E-state index in [-0.39, 0.29) is 24.0 Å². The van der Waals surface area contributed by atoms with Crippen LogP contribution in [0.2, 0.25) is 0 Å². The van der Waals surface area contributed by atoms with Crippen molar-refractivity contribution >= 4 is 29.9 Å². The average molecular weight is 533 g/mol. The molecule has 0 bridgehead atoms. The van der Waals surface area contributed by atoms with Gasteiger partial charge in [0.25, 0.3) is 0 Å². The summed E-state index contributed by atoms with van der Waals surface area (Å²) in [5.74, 6) is 2.15. The molecular formula is C23H28IN5O2. The standard InChI is InChI=1S/C23H27N5O2.HI/c1-24-23(26-14-12-20-7-5-6-13-25-20)28-18-19-10-11-22(27-17-19)30-16-15-29-21-8-3-2-4-9-21;/h2-11,13,17H,12,14-16,18H2,1H3,(H2,24,26,28);1H. The lowest BCUT2D eigenvalue weighted by atomic mass is 10.3. The van der Waals surface area contributed by atoms with Crippen molar-refractivity contribution in [1.82, 2.24) is 20.6 Å². The molecule has 0 spiro atoms. The lowest BCUT2D eigenvalue weighted by Gasteiger charge is -2.12. The van der Waals surface area contributed by atoms with Gasteiger partial charge in [-0.15, -0.1) is 24.0 Å². The summed E-state index contributed by atoms with van der Waals surface area (Å²) in [6.07, 6.45) is 4.43. The molecule has 0 amide bonds. The number of hydrogen-bond acceptors (Lipinski definition) is 5. The Balaban J connectivity index is 0.00000341. The highest BCUT2D eigenvalue weighted by Crippen LogP contribution is 2.10. The summed E-state index contributed by atoms with van der Waals surface area (Å²) in [7, 11) is 1.75. The second kappa shape index (κ2) is 14.2. The molecule has 2 N–H and O–H groups in total. The minimum atomic E-state index is 0. The van der Waals surface area contributed by atoms with Crippen LogP contribution < -0.4 is 20.1 Å². The van der Waals surface area contributed by atoms with Crippen LogP contribution in [0.15, 0.2) is 78.0 Å². The van der Waals surface area contributed by atoms with E-state index in [9.17, 15) is 0 Å². The van der Waals surface area contributed by atoms with Gasteiger partial charge in [-0.3, -0.25) is 9.98 Å². The van der Waals surface area contributed by atoms with Crippen LogP contribution in [0, 0.1) is 0 Å². The second-order valence-corrected chi connectivity index (χ2v) is 6.44. The Bertz CT molecular complexity index is 893. The SMILES string of the molecule is CN=C(NCCc1ccccn1)NCc1ccc(OCCOc2ccccc2)nc1.I. The maximum atomic E-state index is 5.63. The molecule has 0 aliphatic rings. The monoisotopic (exact) mass is 533 g/mol. The first-order chi connectivity index (χ1) is 14.8. The van der Waals surface area contributed by atoms with Gasteiger partial charge in [-0.25, -0.2) is 4.98 Å². The molecule has 1 aromatic carbocycles. The van der Waals surface area contributed by atoms with Gasteiger partial charge in [0.15, 0.2) is 5.96 Å². The first-order valence-electron chi connectivity index (χ1n) is 9.93. The van der Waals surface area contributed by atoms with Crippen molar-refractivity contribution in [2.75, 3.05) is 26.8 Å².